The largest absolute Gasteiger partial charge is 0.481 e. The van der Waals surface area contributed by atoms with Gasteiger partial charge in [0.15, 0.2) is 0 Å². The van der Waals surface area contributed by atoms with E-state index in [-0.39, 0.29) is 0 Å². The molecule has 0 radical (unpaired) electrons. The van der Waals surface area contributed by atoms with Gasteiger partial charge in [0.25, 0.3) is 0 Å². The monoisotopic (exact) mass is 388 g/mol. The highest BCUT2D eigenvalue weighted by molar-refractivity contribution is 5.66. The second-order valence-corrected chi connectivity index (χ2v) is 11.8. The van der Waals surface area contributed by atoms with E-state index in [9.17, 15) is 4.79 Å². The first-order valence-corrected chi connectivity index (χ1v) is 12.5. The maximum atomic E-state index is 11.1. The summed E-state index contributed by atoms with van der Waals surface area (Å²) in [6.45, 7) is 10.1. The molecular weight excluding hydrogens is 344 g/mol. The highest BCUT2D eigenvalue weighted by Gasteiger charge is 2.61. The minimum Gasteiger partial charge on any atom is -0.481 e. The van der Waals surface area contributed by atoms with Gasteiger partial charge in [0.2, 0.25) is 0 Å². The Morgan fingerprint density at radius 1 is 1.00 bits per heavy atom. The van der Waals surface area contributed by atoms with Gasteiger partial charge < -0.3 is 5.11 Å². The van der Waals surface area contributed by atoms with E-state index in [0.717, 1.165) is 41.9 Å². The predicted octanol–water partition coefficient (Wildman–Crippen LogP) is 7.17. The number of fused-ring (bicyclic) bond motifs is 5. The first-order chi connectivity index (χ1) is 13.3. The van der Waals surface area contributed by atoms with Gasteiger partial charge in [-0.05, 0) is 104 Å². The van der Waals surface area contributed by atoms with Gasteiger partial charge in [-0.15, -0.1) is 0 Å². The van der Waals surface area contributed by atoms with Crippen LogP contribution in [-0.2, 0) is 4.79 Å². The Kier molecular flexibility index (Phi) is 5.64. The number of carbonyl (C=O) groups is 1. The van der Waals surface area contributed by atoms with Crippen LogP contribution in [0.5, 0.6) is 0 Å². The molecule has 2 nitrogen and oxygen atoms in total. The molecule has 4 saturated carbocycles. The standard InChI is InChI=1S/C26H44O2/c1-5-18-16-19-22-11-10-20(17(2)9-12-24(27)28)26(22,4)15-13-23(19)25(3)14-7-6-8-21(18)25/h17-23H,5-16H2,1-4H3,(H,27,28)/t17-,18+,19+,20-,21?,22+,23+,25+,26-/m1/s1. The minimum absolute atomic E-state index is 0.349. The van der Waals surface area contributed by atoms with Crippen LogP contribution in [-0.4, -0.2) is 11.1 Å². The lowest BCUT2D eigenvalue weighted by Crippen LogP contribution is -2.55. The van der Waals surface area contributed by atoms with Crippen molar-refractivity contribution >= 4 is 5.97 Å². The first-order valence-electron chi connectivity index (χ1n) is 12.5. The summed E-state index contributed by atoms with van der Waals surface area (Å²) >= 11 is 0. The van der Waals surface area contributed by atoms with E-state index in [0.29, 0.717) is 23.2 Å². The van der Waals surface area contributed by atoms with E-state index in [4.69, 9.17) is 5.11 Å². The molecule has 4 fully saturated rings. The lowest BCUT2D eigenvalue weighted by Gasteiger charge is -2.63. The number of aliphatic carboxylic acids is 1. The van der Waals surface area contributed by atoms with Crippen LogP contribution in [0.4, 0.5) is 0 Å². The van der Waals surface area contributed by atoms with Crippen molar-refractivity contribution < 1.29 is 9.90 Å². The van der Waals surface area contributed by atoms with Gasteiger partial charge >= 0.3 is 5.97 Å². The molecule has 160 valence electrons. The molecule has 28 heavy (non-hydrogen) atoms. The van der Waals surface area contributed by atoms with Crippen molar-refractivity contribution in [3.05, 3.63) is 0 Å². The molecule has 4 rings (SSSR count). The zero-order valence-corrected chi connectivity index (χ0v) is 18.9. The number of hydrogen-bond donors (Lipinski definition) is 1. The molecular formula is C26H44O2. The number of carboxylic acid groups (broad SMARTS) is 1. The molecule has 0 spiro atoms. The Morgan fingerprint density at radius 2 is 1.75 bits per heavy atom. The van der Waals surface area contributed by atoms with Crippen LogP contribution in [0.1, 0.15) is 105 Å². The molecule has 0 aromatic rings. The van der Waals surface area contributed by atoms with Crippen LogP contribution in [0.15, 0.2) is 0 Å². The Labute approximate surface area is 173 Å². The van der Waals surface area contributed by atoms with Crippen molar-refractivity contribution in [2.75, 3.05) is 0 Å². The van der Waals surface area contributed by atoms with Crippen LogP contribution in [0.2, 0.25) is 0 Å². The highest BCUT2D eigenvalue weighted by Crippen LogP contribution is 2.69. The maximum absolute atomic E-state index is 11.1. The molecule has 0 aromatic carbocycles. The van der Waals surface area contributed by atoms with Gasteiger partial charge in [-0.1, -0.05) is 47.0 Å². The average Bonchev–Trinajstić information content (AvgIpc) is 3.02. The molecule has 0 aliphatic heterocycles. The van der Waals surface area contributed by atoms with Gasteiger partial charge in [0.05, 0.1) is 0 Å². The van der Waals surface area contributed by atoms with E-state index in [1.807, 2.05) is 0 Å². The van der Waals surface area contributed by atoms with Crippen molar-refractivity contribution in [2.24, 2.45) is 52.3 Å². The minimum atomic E-state index is -0.621. The third-order valence-corrected chi connectivity index (χ3v) is 10.9. The molecule has 1 unspecified atom stereocenters. The molecule has 0 aromatic heterocycles. The zero-order chi connectivity index (χ0) is 20.1. The van der Waals surface area contributed by atoms with Gasteiger partial charge in [-0.3, -0.25) is 4.79 Å². The molecule has 2 heteroatoms. The fraction of sp³-hybridized carbons (Fsp3) is 0.962. The van der Waals surface area contributed by atoms with Crippen LogP contribution in [0.25, 0.3) is 0 Å². The van der Waals surface area contributed by atoms with Crippen molar-refractivity contribution in [3.8, 4) is 0 Å². The summed E-state index contributed by atoms with van der Waals surface area (Å²) in [7, 11) is 0. The lowest BCUT2D eigenvalue weighted by atomic mass is 9.42. The molecule has 0 amide bonds. The van der Waals surface area contributed by atoms with E-state index in [1.54, 1.807) is 0 Å². The Hall–Kier alpha value is -0.530. The summed E-state index contributed by atoms with van der Waals surface area (Å²) in [4.78, 5) is 11.1. The van der Waals surface area contributed by atoms with E-state index in [1.165, 1.54) is 64.2 Å². The molecule has 0 heterocycles. The van der Waals surface area contributed by atoms with Crippen molar-refractivity contribution in [2.45, 2.75) is 105 Å². The van der Waals surface area contributed by atoms with Gasteiger partial charge in [0, 0.05) is 6.42 Å². The summed E-state index contributed by atoms with van der Waals surface area (Å²) in [5, 5.41) is 9.15. The Bertz CT molecular complexity index is 585. The SMILES string of the molecule is CC[C@H]1C[C@H]2[C@@H]3CC[C@H]([C@H](C)CCC(=O)O)[C@@]3(C)CC[C@@H]2[C@@]2(C)CCCCC12. The normalized spacial score (nSPS) is 49.0. The quantitative estimate of drug-likeness (QED) is 0.542. The maximum Gasteiger partial charge on any atom is 0.303 e. The fourth-order valence-electron chi connectivity index (χ4n) is 9.55. The second-order valence-electron chi connectivity index (χ2n) is 11.8. The molecule has 0 saturated heterocycles. The van der Waals surface area contributed by atoms with Crippen LogP contribution in [0.3, 0.4) is 0 Å². The second kappa shape index (κ2) is 7.62. The summed E-state index contributed by atoms with van der Waals surface area (Å²) < 4.78 is 0. The number of carboxylic acids is 1. The third kappa shape index (κ3) is 3.16. The molecule has 9 atom stereocenters. The van der Waals surface area contributed by atoms with E-state index < -0.39 is 5.97 Å². The topological polar surface area (TPSA) is 37.3 Å². The van der Waals surface area contributed by atoms with Crippen molar-refractivity contribution in [1.29, 1.82) is 0 Å². The Morgan fingerprint density at radius 3 is 2.46 bits per heavy atom. The van der Waals surface area contributed by atoms with E-state index >= 15 is 0 Å². The van der Waals surface area contributed by atoms with Gasteiger partial charge in [-0.2, -0.15) is 0 Å². The Balaban J connectivity index is 1.56. The van der Waals surface area contributed by atoms with Crippen molar-refractivity contribution in [1.82, 2.24) is 0 Å². The number of hydrogen-bond acceptors (Lipinski definition) is 1. The molecule has 4 aliphatic carbocycles. The van der Waals surface area contributed by atoms with E-state index in [2.05, 4.69) is 27.7 Å². The summed E-state index contributed by atoms with van der Waals surface area (Å²) in [5.74, 6) is 5.44. The first kappa shape index (κ1) is 20.7. The summed E-state index contributed by atoms with van der Waals surface area (Å²) in [6, 6.07) is 0. The smallest absolute Gasteiger partial charge is 0.303 e. The highest BCUT2D eigenvalue weighted by atomic mass is 16.4. The average molecular weight is 389 g/mol. The zero-order valence-electron chi connectivity index (χ0n) is 18.9. The summed E-state index contributed by atoms with van der Waals surface area (Å²) in [6.07, 6.45) is 15.6. The molecule has 1 N–H and O–H groups in total. The molecule has 4 aliphatic rings. The van der Waals surface area contributed by atoms with Gasteiger partial charge in [-0.25, -0.2) is 0 Å². The summed E-state index contributed by atoms with van der Waals surface area (Å²) in [5.41, 5.74) is 1.07. The lowest BCUT2D eigenvalue weighted by molar-refractivity contribution is -0.140. The van der Waals surface area contributed by atoms with Crippen LogP contribution < -0.4 is 0 Å². The number of rotatable bonds is 5. The van der Waals surface area contributed by atoms with Crippen LogP contribution in [0, 0.1) is 52.3 Å². The fourth-order valence-corrected chi connectivity index (χ4v) is 9.55. The van der Waals surface area contributed by atoms with Gasteiger partial charge in [0.1, 0.15) is 0 Å². The third-order valence-electron chi connectivity index (χ3n) is 10.9. The predicted molar refractivity (Wildman–Crippen MR) is 115 cm³/mol. The van der Waals surface area contributed by atoms with Crippen LogP contribution >= 0.6 is 0 Å². The molecule has 0 bridgehead atoms. The van der Waals surface area contributed by atoms with Crippen molar-refractivity contribution in [3.63, 3.8) is 0 Å².